The van der Waals surface area contributed by atoms with Crippen LogP contribution in [0.15, 0.2) is 30.3 Å². The largest absolute Gasteiger partial charge is 0.381 e. The van der Waals surface area contributed by atoms with Crippen LogP contribution >= 0.6 is 0 Å². The van der Waals surface area contributed by atoms with E-state index in [0.29, 0.717) is 12.5 Å². The Balaban J connectivity index is 1.95. The molecule has 4 nitrogen and oxygen atoms in total. The molecule has 0 aliphatic carbocycles. The van der Waals surface area contributed by atoms with Crippen molar-refractivity contribution >= 4 is 5.91 Å². The first kappa shape index (κ1) is 15.0. The van der Waals surface area contributed by atoms with Gasteiger partial charge in [0.25, 0.3) is 0 Å². The van der Waals surface area contributed by atoms with Crippen LogP contribution in [0.5, 0.6) is 0 Å². The first-order valence-electron chi connectivity index (χ1n) is 7.35. The molecule has 0 aromatic heterocycles. The Labute approximate surface area is 120 Å². The SMILES string of the molecule is CC(NC(=O)C(CN)c1ccccc1)C1CCOCC1. The van der Waals surface area contributed by atoms with Gasteiger partial charge in [-0.3, -0.25) is 4.79 Å². The minimum Gasteiger partial charge on any atom is -0.381 e. The molecule has 1 aliphatic heterocycles. The highest BCUT2D eigenvalue weighted by atomic mass is 16.5. The first-order valence-corrected chi connectivity index (χ1v) is 7.35. The number of carbonyl (C=O) groups is 1. The number of hydrogen-bond donors (Lipinski definition) is 2. The minimum atomic E-state index is -0.265. The minimum absolute atomic E-state index is 0.0256. The zero-order chi connectivity index (χ0) is 14.4. The van der Waals surface area contributed by atoms with Crippen LogP contribution < -0.4 is 11.1 Å². The quantitative estimate of drug-likeness (QED) is 0.859. The molecule has 1 amide bonds. The van der Waals surface area contributed by atoms with Crippen molar-refractivity contribution in [3.63, 3.8) is 0 Å². The summed E-state index contributed by atoms with van der Waals surface area (Å²) in [6.45, 7) is 4.00. The number of ether oxygens (including phenoxy) is 1. The van der Waals surface area contributed by atoms with Gasteiger partial charge in [0.1, 0.15) is 0 Å². The van der Waals surface area contributed by atoms with Crippen molar-refractivity contribution in [3.05, 3.63) is 35.9 Å². The third-order valence-corrected chi connectivity index (χ3v) is 4.10. The van der Waals surface area contributed by atoms with E-state index in [2.05, 4.69) is 12.2 Å². The van der Waals surface area contributed by atoms with Crippen molar-refractivity contribution in [2.45, 2.75) is 31.7 Å². The number of amides is 1. The molecule has 20 heavy (non-hydrogen) atoms. The van der Waals surface area contributed by atoms with Gasteiger partial charge in [0.15, 0.2) is 0 Å². The Morgan fingerprint density at radius 1 is 1.35 bits per heavy atom. The highest BCUT2D eigenvalue weighted by Gasteiger charge is 2.25. The third kappa shape index (κ3) is 3.81. The molecule has 2 atom stereocenters. The second kappa shape index (κ2) is 7.41. The number of rotatable bonds is 5. The number of hydrogen-bond acceptors (Lipinski definition) is 3. The Hall–Kier alpha value is -1.39. The molecule has 110 valence electrons. The van der Waals surface area contributed by atoms with E-state index in [9.17, 15) is 4.79 Å². The molecule has 1 aliphatic rings. The molecule has 0 spiro atoms. The van der Waals surface area contributed by atoms with Crippen molar-refractivity contribution in [3.8, 4) is 0 Å². The van der Waals surface area contributed by atoms with Gasteiger partial charge in [0, 0.05) is 25.8 Å². The molecule has 0 radical (unpaired) electrons. The summed E-state index contributed by atoms with van der Waals surface area (Å²) in [7, 11) is 0. The van der Waals surface area contributed by atoms with Crippen molar-refractivity contribution in [2.24, 2.45) is 11.7 Å². The van der Waals surface area contributed by atoms with Crippen LogP contribution in [-0.2, 0) is 9.53 Å². The Bertz CT molecular complexity index is 416. The predicted molar refractivity (Wildman–Crippen MR) is 79.4 cm³/mol. The van der Waals surface area contributed by atoms with Gasteiger partial charge < -0.3 is 15.8 Å². The van der Waals surface area contributed by atoms with Crippen LogP contribution in [0, 0.1) is 5.92 Å². The van der Waals surface area contributed by atoms with E-state index in [4.69, 9.17) is 10.5 Å². The van der Waals surface area contributed by atoms with E-state index in [-0.39, 0.29) is 17.9 Å². The number of nitrogens with one attached hydrogen (secondary N) is 1. The van der Waals surface area contributed by atoms with E-state index < -0.39 is 0 Å². The maximum Gasteiger partial charge on any atom is 0.229 e. The normalized spacial score (nSPS) is 19.3. The van der Waals surface area contributed by atoms with Crippen molar-refractivity contribution in [2.75, 3.05) is 19.8 Å². The van der Waals surface area contributed by atoms with Gasteiger partial charge >= 0.3 is 0 Å². The van der Waals surface area contributed by atoms with Gasteiger partial charge in [-0.05, 0) is 31.2 Å². The summed E-state index contributed by atoms with van der Waals surface area (Å²) in [4.78, 5) is 12.4. The average Bonchev–Trinajstić information content (AvgIpc) is 2.50. The van der Waals surface area contributed by atoms with E-state index >= 15 is 0 Å². The summed E-state index contributed by atoms with van der Waals surface area (Å²) >= 11 is 0. The molecular formula is C16H24N2O2. The smallest absolute Gasteiger partial charge is 0.229 e. The summed E-state index contributed by atoms with van der Waals surface area (Å²) in [5, 5.41) is 3.12. The molecule has 2 rings (SSSR count). The maximum atomic E-state index is 12.4. The molecule has 1 aromatic rings. The van der Waals surface area contributed by atoms with Gasteiger partial charge in [0.05, 0.1) is 5.92 Å². The zero-order valence-electron chi connectivity index (χ0n) is 12.0. The van der Waals surface area contributed by atoms with Crippen molar-refractivity contribution in [1.29, 1.82) is 0 Å². The first-order chi connectivity index (χ1) is 9.72. The Kier molecular flexibility index (Phi) is 5.56. The maximum absolute atomic E-state index is 12.4. The predicted octanol–water partition coefficient (Wildman–Crippen LogP) is 1.66. The highest BCUT2D eigenvalue weighted by Crippen LogP contribution is 2.20. The van der Waals surface area contributed by atoms with Gasteiger partial charge in [-0.15, -0.1) is 0 Å². The standard InChI is InChI=1S/C16H24N2O2/c1-12(13-7-9-20-10-8-13)18-16(19)15(11-17)14-5-3-2-4-6-14/h2-6,12-13,15H,7-11,17H2,1H3,(H,18,19). The average molecular weight is 276 g/mol. The highest BCUT2D eigenvalue weighted by molar-refractivity contribution is 5.84. The molecule has 0 bridgehead atoms. The Morgan fingerprint density at radius 2 is 2.00 bits per heavy atom. The summed E-state index contributed by atoms with van der Waals surface area (Å²) in [6, 6.07) is 9.90. The van der Waals surface area contributed by atoms with Crippen LogP contribution in [-0.4, -0.2) is 31.7 Å². The van der Waals surface area contributed by atoms with Crippen LogP contribution in [0.2, 0.25) is 0 Å². The molecule has 3 N–H and O–H groups in total. The lowest BCUT2D eigenvalue weighted by Crippen LogP contribution is -2.43. The monoisotopic (exact) mass is 276 g/mol. The molecule has 1 saturated heterocycles. The fourth-order valence-corrected chi connectivity index (χ4v) is 2.74. The molecule has 4 heteroatoms. The zero-order valence-corrected chi connectivity index (χ0v) is 12.0. The van der Waals surface area contributed by atoms with Gasteiger partial charge in [-0.25, -0.2) is 0 Å². The number of carbonyl (C=O) groups excluding carboxylic acids is 1. The lowest BCUT2D eigenvalue weighted by atomic mass is 9.91. The number of nitrogens with two attached hydrogens (primary N) is 1. The second-order valence-electron chi connectivity index (χ2n) is 5.45. The topological polar surface area (TPSA) is 64.4 Å². The molecule has 2 unspecified atom stereocenters. The lowest BCUT2D eigenvalue weighted by molar-refractivity contribution is -0.123. The number of benzene rings is 1. The fraction of sp³-hybridized carbons (Fsp3) is 0.562. The molecule has 1 heterocycles. The summed E-state index contributed by atoms with van der Waals surface area (Å²) < 4.78 is 5.36. The molecule has 1 fully saturated rings. The van der Waals surface area contributed by atoms with Crippen molar-refractivity contribution < 1.29 is 9.53 Å². The van der Waals surface area contributed by atoms with E-state index in [1.165, 1.54) is 0 Å². The van der Waals surface area contributed by atoms with E-state index in [1.807, 2.05) is 30.3 Å². The van der Waals surface area contributed by atoms with E-state index in [1.54, 1.807) is 0 Å². The van der Waals surface area contributed by atoms with Gasteiger partial charge in [-0.2, -0.15) is 0 Å². The molecule has 1 aromatic carbocycles. The van der Waals surface area contributed by atoms with Gasteiger partial charge in [0.2, 0.25) is 5.91 Å². The fourth-order valence-electron chi connectivity index (χ4n) is 2.74. The Morgan fingerprint density at radius 3 is 2.60 bits per heavy atom. The van der Waals surface area contributed by atoms with E-state index in [0.717, 1.165) is 31.6 Å². The van der Waals surface area contributed by atoms with Crippen molar-refractivity contribution in [1.82, 2.24) is 5.32 Å². The van der Waals surface area contributed by atoms with Crippen LogP contribution in [0.3, 0.4) is 0 Å². The molecule has 0 saturated carbocycles. The summed E-state index contributed by atoms with van der Waals surface area (Å²) in [5.74, 6) is 0.262. The molecular weight excluding hydrogens is 252 g/mol. The van der Waals surface area contributed by atoms with Crippen LogP contribution in [0.25, 0.3) is 0 Å². The summed E-state index contributed by atoms with van der Waals surface area (Å²) in [5.41, 5.74) is 6.76. The summed E-state index contributed by atoms with van der Waals surface area (Å²) in [6.07, 6.45) is 2.03. The lowest BCUT2D eigenvalue weighted by Gasteiger charge is -2.29. The second-order valence-corrected chi connectivity index (χ2v) is 5.45. The van der Waals surface area contributed by atoms with Crippen LogP contribution in [0.1, 0.15) is 31.2 Å². The van der Waals surface area contributed by atoms with Crippen LogP contribution in [0.4, 0.5) is 0 Å². The third-order valence-electron chi connectivity index (χ3n) is 4.10. The van der Waals surface area contributed by atoms with Gasteiger partial charge in [-0.1, -0.05) is 30.3 Å².